The average molecular weight is 641 g/mol. The highest BCUT2D eigenvalue weighted by atomic mass is 16.3. The monoisotopic (exact) mass is 640 g/mol. The first-order valence-corrected chi connectivity index (χ1v) is 16.7. The van der Waals surface area contributed by atoms with Gasteiger partial charge >= 0.3 is 0 Å². The highest BCUT2D eigenvalue weighted by Crippen LogP contribution is 2.38. The van der Waals surface area contributed by atoms with Crippen molar-refractivity contribution >= 4 is 43.9 Å². The Balaban J connectivity index is 1.03. The Hall–Kier alpha value is -6.78. The molecule has 0 saturated carbocycles. The molecule has 0 spiro atoms. The quantitative estimate of drug-likeness (QED) is 0.188. The lowest BCUT2D eigenvalue weighted by atomic mass is 9.97. The van der Waals surface area contributed by atoms with Gasteiger partial charge in [0.15, 0.2) is 5.82 Å². The summed E-state index contributed by atoms with van der Waals surface area (Å²) in [7, 11) is 0. The maximum absolute atomic E-state index is 6.16. The van der Waals surface area contributed by atoms with Gasteiger partial charge in [-0.25, -0.2) is 9.97 Å². The molecule has 0 aliphatic heterocycles. The van der Waals surface area contributed by atoms with Crippen molar-refractivity contribution < 1.29 is 8.83 Å². The SMILES string of the molecule is c1ccc(-c2nc(-c3ccc(-c4ccc5oc6ccccc6c5c4)cc3)cc(-c3ccc(-c4cccc5oc6ccccc6c45)cc3)n2)cc1. The van der Waals surface area contributed by atoms with Crippen molar-refractivity contribution in [2.75, 3.05) is 0 Å². The highest BCUT2D eigenvalue weighted by Gasteiger charge is 2.15. The van der Waals surface area contributed by atoms with Crippen LogP contribution in [0.25, 0.3) is 100 Å². The number of fused-ring (bicyclic) bond motifs is 6. The van der Waals surface area contributed by atoms with Crippen LogP contribution in [0.15, 0.2) is 179 Å². The van der Waals surface area contributed by atoms with Crippen LogP contribution in [-0.2, 0) is 0 Å². The molecule has 3 aromatic heterocycles. The molecule has 3 heterocycles. The Kier molecular flexibility index (Phi) is 6.46. The minimum atomic E-state index is 0.693. The van der Waals surface area contributed by atoms with E-state index in [-0.39, 0.29) is 0 Å². The summed E-state index contributed by atoms with van der Waals surface area (Å²) in [5.41, 5.74) is 12.9. The number of nitrogens with zero attached hydrogens (tertiary/aromatic N) is 2. The molecule has 0 N–H and O–H groups in total. The lowest BCUT2D eigenvalue weighted by Gasteiger charge is -2.11. The van der Waals surface area contributed by atoms with Crippen molar-refractivity contribution in [3.63, 3.8) is 0 Å². The predicted octanol–water partition coefficient (Wildman–Crippen LogP) is 12.6. The number of aromatic nitrogens is 2. The Morgan fingerprint density at radius 2 is 0.860 bits per heavy atom. The fourth-order valence-corrected chi connectivity index (χ4v) is 7.03. The largest absolute Gasteiger partial charge is 0.456 e. The van der Waals surface area contributed by atoms with Gasteiger partial charge in [-0.2, -0.15) is 0 Å². The van der Waals surface area contributed by atoms with E-state index in [1.165, 1.54) is 0 Å². The van der Waals surface area contributed by atoms with Crippen molar-refractivity contribution in [1.29, 1.82) is 0 Å². The molecular formula is C46H28N2O2. The Morgan fingerprint density at radius 1 is 0.320 bits per heavy atom. The van der Waals surface area contributed by atoms with Crippen LogP contribution in [0.2, 0.25) is 0 Å². The second-order valence-corrected chi connectivity index (χ2v) is 12.6. The Morgan fingerprint density at radius 3 is 1.60 bits per heavy atom. The first-order valence-electron chi connectivity index (χ1n) is 16.7. The lowest BCUT2D eigenvalue weighted by molar-refractivity contribution is 0.668. The first kappa shape index (κ1) is 28.3. The number of para-hydroxylation sites is 2. The molecule has 0 atom stereocenters. The van der Waals surface area contributed by atoms with Crippen molar-refractivity contribution in [2.24, 2.45) is 0 Å². The lowest BCUT2D eigenvalue weighted by Crippen LogP contribution is -1.96. The smallest absolute Gasteiger partial charge is 0.160 e. The van der Waals surface area contributed by atoms with E-state index in [0.29, 0.717) is 5.82 Å². The van der Waals surface area contributed by atoms with Gasteiger partial charge in [0.2, 0.25) is 0 Å². The summed E-state index contributed by atoms with van der Waals surface area (Å²) in [6.45, 7) is 0. The van der Waals surface area contributed by atoms with E-state index in [2.05, 4.69) is 121 Å². The summed E-state index contributed by atoms with van der Waals surface area (Å²) in [5, 5.41) is 4.50. The summed E-state index contributed by atoms with van der Waals surface area (Å²) >= 11 is 0. The molecule has 0 bridgehead atoms. The molecule has 234 valence electrons. The molecule has 10 rings (SSSR count). The Labute approximate surface area is 287 Å². The van der Waals surface area contributed by atoms with Crippen LogP contribution < -0.4 is 0 Å². The molecular weight excluding hydrogens is 613 g/mol. The maximum Gasteiger partial charge on any atom is 0.160 e. The van der Waals surface area contributed by atoms with E-state index >= 15 is 0 Å². The van der Waals surface area contributed by atoms with Crippen LogP contribution in [0.4, 0.5) is 0 Å². The summed E-state index contributed by atoms with van der Waals surface area (Å²) in [4.78, 5) is 10.1. The molecule has 0 amide bonds. The topological polar surface area (TPSA) is 52.1 Å². The number of hydrogen-bond acceptors (Lipinski definition) is 4. The minimum absolute atomic E-state index is 0.693. The molecule has 4 nitrogen and oxygen atoms in total. The van der Waals surface area contributed by atoms with Crippen molar-refractivity contribution in [3.8, 4) is 56.2 Å². The van der Waals surface area contributed by atoms with Crippen LogP contribution >= 0.6 is 0 Å². The normalized spacial score (nSPS) is 11.6. The molecule has 0 radical (unpaired) electrons. The maximum atomic E-state index is 6.16. The van der Waals surface area contributed by atoms with Crippen LogP contribution in [0.1, 0.15) is 0 Å². The first-order chi connectivity index (χ1) is 24.7. The van der Waals surface area contributed by atoms with Gasteiger partial charge in [0.05, 0.1) is 11.4 Å². The molecule has 0 aliphatic rings. The van der Waals surface area contributed by atoms with Gasteiger partial charge < -0.3 is 8.83 Å². The molecule has 50 heavy (non-hydrogen) atoms. The average Bonchev–Trinajstić information content (AvgIpc) is 3.76. The molecule has 0 fully saturated rings. The Bertz CT molecular complexity index is 2850. The number of rotatable bonds is 5. The van der Waals surface area contributed by atoms with E-state index in [9.17, 15) is 0 Å². The summed E-state index contributed by atoms with van der Waals surface area (Å²) < 4.78 is 12.2. The van der Waals surface area contributed by atoms with Gasteiger partial charge in [-0.15, -0.1) is 0 Å². The number of benzene rings is 7. The third-order valence-corrected chi connectivity index (χ3v) is 9.54. The van der Waals surface area contributed by atoms with Crippen LogP contribution in [0, 0.1) is 0 Å². The van der Waals surface area contributed by atoms with E-state index in [4.69, 9.17) is 18.8 Å². The summed E-state index contributed by atoms with van der Waals surface area (Å²) in [5.74, 6) is 0.693. The van der Waals surface area contributed by atoms with Gasteiger partial charge in [-0.3, -0.25) is 0 Å². The molecule has 0 saturated heterocycles. The third-order valence-electron chi connectivity index (χ3n) is 9.54. The zero-order valence-electron chi connectivity index (χ0n) is 26.9. The van der Waals surface area contributed by atoms with Crippen molar-refractivity contribution in [1.82, 2.24) is 9.97 Å². The van der Waals surface area contributed by atoms with E-state index in [1.54, 1.807) is 0 Å². The second-order valence-electron chi connectivity index (χ2n) is 12.6. The third kappa shape index (κ3) is 4.77. The molecule has 4 heteroatoms. The van der Waals surface area contributed by atoms with Crippen LogP contribution in [0.3, 0.4) is 0 Å². The zero-order chi connectivity index (χ0) is 33.0. The fraction of sp³-hybridized carbons (Fsp3) is 0. The number of furan rings is 2. The van der Waals surface area contributed by atoms with E-state index in [0.717, 1.165) is 94.2 Å². The van der Waals surface area contributed by atoms with Crippen molar-refractivity contribution in [3.05, 3.63) is 170 Å². The standard InChI is InChI=1S/C46H28N2O2/c1-2-9-33(10-3-1)46-47-39(31-21-17-29(18-22-31)34-25-26-43-38(27-34)36-11-4-6-14-41(36)49-43)28-40(48-46)32-23-19-30(20-24-32)35-13-8-16-44-45(35)37-12-5-7-15-42(37)50-44/h1-28H. The van der Waals surface area contributed by atoms with E-state index < -0.39 is 0 Å². The minimum Gasteiger partial charge on any atom is -0.456 e. The van der Waals surface area contributed by atoms with Gasteiger partial charge in [-0.1, -0.05) is 133 Å². The van der Waals surface area contributed by atoms with Gasteiger partial charge in [0, 0.05) is 38.2 Å². The summed E-state index contributed by atoms with van der Waals surface area (Å²) in [6.07, 6.45) is 0. The van der Waals surface area contributed by atoms with Crippen LogP contribution in [-0.4, -0.2) is 9.97 Å². The molecule has 0 unspecified atom stereocenters. The zero-order valence-corrected chi connectivity index (χ0v) is 26.9. The highest BCUT2D eigenvalue weighted by molar-refractivity contribution is 6.12. The van der Waals surface area contributed by atoms with E-state index in [1.807, 2.05) is 48.5 Å². The van der Waals surface area contributed by atoms with Gasteiger partial charge in [-0.05, 0) is 58.7 Å². The van der Waals surface area contributed by atoms with Crippen molar-refractivity contribution in [2.45, 2.75) is 0 Å². The second kappa shape index (κ2) is 11.4. The van der Waals surface area contributed by atoms with Crippen LogP contribution in [0.5, 0.6) is 0 Å². The fourth-order valence-electron chi connectivity index (χ4n) is 7.03. The van der Waals surface area contributed by atoms with Gasteiger partial charge in [0.1, 0.15) is 22.3 Å². The molecule has 10 aromatic rings. The number of hydrogen-bond donors (Lipinski definition) is 0. The van der Waals surface area contributed by atoms with Gasteiger partial charge in [0.25, 0.3) is 0 Å². The molecule has 7 aromatic carbocycles. The molecule has 0 aliphatic carbocycles. The summed E-state index contributed by atoms with van der Waals surface area (Å²) in [6, 6.07) is 58.6. The predicted molar refractivity (Wildman–Crippen MR) is 204 cm³/mol.